The van der Waals surface area contributed by atoms with E-state index < -0.39 is 5.82 Å². The van der Waals surface area contributed by atoms with E-state index in [1.807, 2.05) is 0 Å². The Balaban J connectivity index is 1.71. The van der Waals surface area contributed by atoms with Crippen LogP contribution < -0.4 is 5.32 Å². The van der Waals surface area contributed by atoms with Gasteiger partial charge in [-0.2, -0.15) is 0 Å². The van der Waals surface area contributed by atoms with Crippen molar-refractivity contribution in [3.05, 3.63) is 29.6 Å². The molecule has 2 N–H and O–H groups in total. The van der Waals surface area contributed by atoms with Gasteiger partial charge in [0, 0.05) is 6.07 Å². The number of rotatable bonds is 2. The lowest BCUT2D eigenvalue weighted by Gasteiger charge is -2.20. The van der Waals surface area contributed by atoms with Crippen molar-refractivity contribution in [1.29, 1.82) is 0 Å². The standard InChI is InChI=1S/C13H14FNO3/c14-7-1-3-9(11(16)5-7)13(17)15-10-6-8-2-4-12(10)18-8/h1,3,5,8,10,12,16H,2,4,6H2,(H,15,17). The molecular formula is C13H14FNO3. The molecule has 2 aliphatic heterocycles. The van der Waals surface area contributed by atoms with Crippen molar-refractivity contribution in [1.82, 2.24) is 5.32 Å². The molecule has 1 aromatic carbocycles. The van der Waals surface area contributed by atoms with Gasteiger partial charge in [0.1, 0.15) is 11.6 Å². The van der Waals surface area contributed by atoms with Crippen LogP contribution in [0.25, 0.3) is 0 Å². The van der Waals surface area contributed by atoms with E-state index in [4.69, 9.17) is 4.74 Å². The number of nitrogens with one attached hydrogen (secondary N) is 1. The summed E-state index contributed by atoms with van der Waals surface area (Å²) in [6.07, 6.45) is 3.17. The summed E-state index contributed by atoms with van der Waals surface area (Å²) in [5.74, 6) is -1.28. The number of hydrogen-bond acceptors (Lipinski definition) is 3. The van der Waals surface area contributed by atoms with E-state index in [1.54, 1.807) is 0 Å². The maximum atomic E-state index is 12.8. The molecule has 2 saturated heterocycles. The summed E-state index contributed by atoms with van der Waals surface area (Å²) < 4.78 is 18.5. The Bertz CT molecular complexity index is 491. The number of phenols is 1. The first-order valence-electron chi connectivity index (χ1n) is 6.08. The third-order valence-corrected chi connectivity index (χ3v) is 3.63. The molecule has 96 valence electrons. The molecule has 1 aromatic rings. The number of hydrogen-bond donors (Lipinski definition) is 2. The van der Waals surface area contributed by atoms with Crippen LogP contribution >= 0.6 is 0 Å². The average molecular weight is 251 g/mol. The van der Waals surface area contributed by atoms with Gasteiger partial charge in [0.2, 0.25) is 0 Å². The van der Waals surface area contributed by atoms with Gasteiger partial charge in [0.15, 0.2) is 0 Å². The normalized spacial score (nSPS) is 29.5. The minimum absolute atomic E-state index is 0.000651. The van der Waals surface area contributed by atoms with Gasteiger partial charge in [-0.3, -0.25) is 4.79 Å². The van der Waals surface area contributed by atoms with Crippen molar-refractivity contribution >= 4 is 5.91 Å². The largest absolute Gasteiger partial charge is 0.507 e. The first-order chi connectivity index (χ1) is 8.63. The Morgan fingerprint density at radius 3 is 2.89 bits per heavy atom. The maximum absolute atomic E-state index is 12.8. The Morgan fingerprint density at radius 2 is 2.28 bits per heavy atom. The van der Waals surface area contributed by atoms with Crippen LogP contribution in [0.5, 0.6) is 5.75 Å². The van der Waals surface area contributed by atoms with Gasteiger partial charge >= 0.3 is 0 Å². The number of carbonyl (C=O) groups is 1. The molecule has 4 nitrogen and oxygen atoms in total. The van der Waals surface area contributed by atoms with E-state index in [0.717, 1.165) is 31.4 Å². The summed E-state index contributed by atoms with van der Waals surface area (Å²) in [6.45, 7) is 0. The summed E-state index contributed by atoms with van der Waals surface area (Å²) in [7, 11) is 0. The molecule has 0 aliphatic carbocycles. The van der Waals surface area contributed by atoms with Gasteiger partial charge in [-0.15, -0.1) is 0 Å². The fraction of sp³-hybridized carbons (Fsp3) is 0.462. The highest BCUT2D eigenvalue weighted by molar-refractivity contribution is 5.97. The first kappa shape index (κ1) is 11.5. The molecule has 2 fully saturated rings. The Morgan fingerprint density at radius 1 is 1.44 bits per heavy atom. The average Bonchev–Trinajstić information content (AvgIpc) is 2.90. The first-order valence-corrected chi connectivity index (χ1v) is 6.08. The van der Waals surface area contributed by atoms with Crippen molar-refractivity contribution in [3.8, 4) is 5.75 Å². The maximum Gasteiger partial charge on any atom is 0.255 e. The molecule has 0 aromatic heterocycles. The Hall–Kier alpha value is -1.62. The zero-order valence-electron chi connectivity index (χ0n) is 9.73. The van der Waals surface area contributed by atoms with Gasteiger partial charge < -0.3 is 15.2 Å². The van der Waals surface area contributed by atoms with Crippen LogP contribution in [0.3, 0.4) is 0 Å². The smallest absolute Gasteiger partial charge is 0.255 e. The number of carbonyl (C=O) groups excluding carboxylic acids is 1. The van der Waals surface area contributed by atoms with E-state index in [-0.39, 0.29) is 35.5 Å². The zero-order valence-corrected chi connectivity index (χ0v) is 9.73. The molecule has 0 radical (unpaired) electrons. The van der Waals surface area contributed by atoms with E-state index in [9.17, 15) is 14.3 Å². The number of phenolic OH excluding ortho intramolecular Hbond substituents is 1. The summed E-state index contributed by atoms with van der Waals surface area (Å²) in [5, 5.41) is 12.4. The summed E-state index contributed by atoms with van der Waals surface area (Å²) >= 11 is 0. The van der Waals surface area contributed by atoms with Crippen LogP contribution in [0.4, 0.5) is 4.39 Å². The fourth-order valence-corrected chi connectivity index (χ4v) is 2.73. The summed E-state index contributed by atoms with van der Waals surface area (Å²) in [6, 6.07) is 3.38. The highest BCUT2D eigenvalue weighted by atomic mass is 19.1. The number of aromatic hydroxyl groups is 1. The lowest BCUT2D eigenvalue weighted by molar-refractivity contribution is 0.0839. The Kier molecular flexibility index (Phi) is 2.70. The molecule has 5 heteroatoms. The quantitative estimate of drug-likeness (QED) is 0.839. The molecule has 2 aliphatic rings. The number of fused-ring (bicyclic) bond motifs is 2. The van der Waals surface area contributed by atoms with Gasteiger partial charge in [-0.1, -0.05) is 0 Å². The molecule has 18 heavy (non-hydrogen) atoms. The fourth-order valence-electron chi connectivity index (χ4n) is 2.73. The van der Waals surface area contributed by atoms with Crippen LogP contribution in [0.1, 0.15) is 29.6 Å². The predicted octanol–water partition coefficient (Wildman–Crippen LogP) is 1.58. The number of amides is 1. The van der Waals surface area contributed by atoms with Crippen LogP contribution in [0.15, 0.2) is 18.2 Å². The molecule has 0 spiro atoms. The number of halogens is 1. The molecule has 2 heterocycles. The molecule has 2 bridgehead atoms. The van der Waals surface area contributed by atoms with Gasteiger partial charge in [0.25, 0.3) is 5.91 Å². The number of ether oxygens (including phenoxy) is 1. The lowest BCUT2D eigenvalue weighted by Crippen LogP contribution is -2.41. The second-order valence-corrected chi connectivity index (χ2v) is 4.85. The SMILES string of the molecule is O=C(NC1CC2CCC1O2)c1ccc(F)cc1O. The highest BCUT2D eigenvalue weighted by Crippen LogP contribution is 2.34. The van der Waals surface area contributed by atoms with E-state index in [2.05, 4.69) is 5.32 Å². The molecular weight excluding hydrogens is 237 g/mol. The number of benzene rings is 1. The Labute approximate surface area is 104 Å². The second kappa shape index (κ2) is 4.24. The highest BCUT2D eigenvalue weighted by Gasteiger charge is 2.41. The lowest BCUT2D eigenvalue weighted by atomic mass is 9.95. The van der Waals surface area contributed by atoms with Gasteiger partial charge in [-0.25, -0.2) is 4.39 Å². The third-order valence-electron chi connectivity index (χ3n) is 3.63. The summed E-state index contributed by atoms with van der Waals surface area (Å²) in [4.78, 5) is 12.0. The van der Waals surface area contributed by atoms with Crippen molar-refractivity contribution in [2.24, 2.45) is 0 Å². The van der Waals surface area contributed by atoms with Crippen LogP contribution in [0.2, 0.25) is 0 Å². The van der Waals surface area contributed by atoms with Gasteiger partial charge in [0.05, 0.1) is 23.8 Å². The van der Waals surface area contributed by atoms with Crippen molar-refractivity contribution in [2.75, 3.05) is 0 Å². The van der Waals surface area contributed by atoms with E-state index in [0.29, 0.717) is 0 Å². The van der Waals surface area contributed by atoms with E-state index >= 15 is 0 Å². The topological polar surface area (TPSA) is 58.6 Å². The van der Waals surface area contributed by atoms with Crippen LogP contribution in [-0.2, 0) is 4.74 Å². The summed E-state index contributed by atoms with van der Waals surface area (Å²) in [5.41, 5.74) is 0.0965. The van der Waals surface area contributed by atoms with Crippen molar-refractivity contribution in [2.45, 2.75) is 37.5 Å². The third kappa shape index (κ3) is 1.95. The van der Waals surface area contributed by atoms with E-state index in [1.165, 1.54) is 6.07 Å². The van der Waals surface area contributed by atoms with Crippen LogP contribution in [0, 0.1) is 5.82 Å². The molecule has 3 unspecified atom stereocenters. The zero-order chi connectivity index (χ0) is 12.7. The predicted molar refractivity (Wildman–Crippen MR) is 61.8 cm³/mol. The minimum Gasteiger partial charge on any atom is -0.507 e. The van der Waals surface area contributed by atoms with Gasteiger partial charge in [-0.05, 0) is 31.4 Å². The van der Waals surface area contributed by atoms with Crippen molar-refractivity contribution in [3.63, 3.8) is 0 Å². The molecule has 0 saturated carbocycles. The van der Waals surface area contributed by atoms with Crippen molar-refractivity contribution < 1.29 is 19.0 Å². The molecule has 3 atom stereocenters. The molecule has 1 amide bonds. The molecule has 3 rings (SSSR count). The second-order valence-electron chi connectivity index (χ2n) is 4.85. The van der Waals surface area contributed by atoms with Crippen LogP contribution in [-0.4, -0.2) is 29.3 Å². The monoisotopic (exact) mass is 251 g/mol. The minimum atomic E-state index is -0.563.